The van der Waals surface area contributed by atoms with Crippen molar-refractivity contribution in [3.05, 3.63) is 16.1 Å². The van der Waals surface area contributed by atoms with E-state index in [1.54, 1.807) is 11.3 Å². The van der Waals surface area contributed by atoms with Gasteiger partial charge >= 0.3 is 0 Å². The van der Waals surface area contributed by atoms with E-state index in [4.69, 9.17) is 10.1 Å². The quantitative estimate of drug-likeness (QED) is 0.894. The first-order valence-electron chi connectivity index (χ1n) is 7.08. The normalized spacial score (nSPS) is 22.3. The maximum absolute atomic E-state index is 9.12. The third-order valence-corrected chi connectivity index (χ3v) is 4.70. The van der Waals surface area contributed by atoms with Gasteiger partial charge in [-0.15, -0.1) is 11.3 Å². The highest BCUT2D eigenvalue weighted by Gasteiger charge is 2.24. The second kappa shape index (κ2) is 6.79. The van der Waals surface area contributed by atoms with Gasteiger partial charge in [0.25, 0.3) is 0 Å². The molecule has 1 aliphatic rings. The zero-order valence-corrected chi connectivity index (χ0v) is 13.0. The molecule has 1 aromatic heterocycles. The summed E-state index contributed by atoms with van der Waals surface area (Å²) in [6.45, 7) is 8.80. The molecule has 108 valence electrons. The molecule has 0 saturated carbocycles. The van der Waals surface area contributed by atoms with Gasteiger partial charge in [-0.05, 0) is 19.4 Å². The number of aliphatic hydroxyl groups excluding tert-OH is 1. The molecule has 0 aromatic carbocycles. The number of hydrogen-bond acceptors (Lipinski definition) is 5. The number of rotatable bonds is 5. The molecule has 2 rings (SSSR count). The Morgan fingerprint density at radius 3 is 2.89 bits per heavy atom. The first-order valence-corrected chi connectivity index (χ1v) is 7.96. The summed E-state index contributed by atoms with van der Waals surface area (Å²) in [5.41, 5.74) is 1.21. The number of aliphatic hydroxyl groups is 1. The first kappa shape index (κ1) is 14.9. The number of nitrogens with zero attached hydrogens (tertiary/aromatic N) is 3. The molecule has 19 heavy (non-hydrogen) atoms. The largest absolute Gasteiger partial charge is 0.396 e. The Morgan fingerprint density at radius 1 is 1.47 bits per heavy atom. The lowest BCUT2D eigenvalue weighted by Gasteiger charge is -2.39. The van der Waals surface area contributed by atoms with Crippen LogP contribution < -0.4 is 0 Å². The maximum atomic E-state index is 9.12. The van der Waals surface area contributed by atoms with Crippen molar-refractivity contribution in [1.82, 2.24) is 14.8 Å². The van der Waals surface area contributed by atoms with Gasteiger partial charge in [0.1, 0.15) is 5.01 Å². The Labute approximate surface area is 120 Å². The number of thiazole rings is 1. The second-order valence-corrected chi connectivity index (χ2v) is 6.65. The van der Waals surface area contributed by atoms with Crippen LogP contribution in [-0.4, -0.2) is 59.2 Å². The molecule has 0 amide bonds. The van der Waals surface area contributed by atoms with Crippen LogP contribution in [0.5, 0.6) is 0 Å². The Morgan fingerprint density at radius 2 is 2.26 bits per heavy atom. The third kappa shape index (κ3) is 3.99. The molecular weight excluding hydrogens is 258 g/mol. The van der Waals surface area contributed by atoms with E-state index in [1.165, 1.54) is 10.7 Å². The number of likely N-dealkylation sites (N-methyl/N-ethyl adjacent to an activating group) is 1. The van der Waals surface area contributed by atoms with Crippen molar-refractivity contribution >= 4 is 11.3 Å². The van der Waals surface area contributed by atoms with Gasteiger partial charge in [-0.2, -0.15) is 0 Å². The highest BCUT2D eigenvalue weighted by molar-refractivity contribution is 7.09. The van der Waals surface area contributed by atoms with E-state index in [0.29, 0.717) is 12.0 Å². The topological polar surface area (TPSA) is 39.6 Å². The standard InChI is InChI=1S/C14H25N3OS/c1-11(2)13-10-19-14(15-13)9-17-6-5-16(3)12(8-17)4-7-18/h10-12,18H,4-9H2,1-3H3. The van der Waals surface area contributed by atoms with Crippen LogP contribution in [0.1, 0.15) is 36.9 Å². The van der Waals surface area contributed by atoms with Crippen LogP contribution in [0.15, 0.2) is 5.38 Å². The van der Waals surface area contributed by atoms with E-state index in [2.05, 4.69) is 36.1 Å². The summed E-state index contributed by atoms with van der Waals surface area (Å²) < 4.78 is 0. The maximum Gasteiger partial charge on any atom is 0.107 e. The molecule has 1 N–H and O–H groups in total. The Kier molecular flexibility index (Phi) is 5.33. The molecule has 5 heteroatoms. The molecule has 1 unspecified atom stereocenters. The van der Waals surface area contributed by atoms with E-state index in [0.717, 1.165) is 32.6 Å². The van der Waals surface area contributed by atoms with Gasteiger partial charge in [-0.1, -0.05) is 13.8 Å². The van der Waals surface area contributed by atoms with Crippen LogP contribution in [-0.2, 0) is 6.54 Å². The van der Waals surface area contributed by atoms with E-state index >= 15 is 0 Å². The second-order valence-electron chi connectivity index (χ2n) is 5.70. The Hall–Kier alpha value is -0.490. The van der Waals surface area contributed by atoms with E-state index in [9.17, 15) is 0 Å². The zero-order chi connectivity index (χ0) is 13.8. The smallest absolute Gasteiger partial charge is 0.107 e. The fourth-order valence-electron chi connectivity index (χ4n) is 2.47. The number of hydrogen-bond donors (Lipinski definition) is 1. The molecular formula is C14H25N3OS. The predicted molar refractivity (Wildman–Crippen MR) is 79.6 cm³/mol. The third-order valence-electron chi connectivity index (χ3n) is 3.84. The van der Waals surface area contributed by atoms with Crippen LogP contribution in [0.25, 0.3) is 0 Å². The lowest BCUT2D eigenvalue weighted by Crippen LogP contribution is -2.51. The van der Waals surface area contributed by atoms with Gasteiger partial charge in [-0.25, -0.2) is 4.98 Å². The lowest BCUT2D eigenvalue weighted by atomic mass is 10.1. The van der Waals surface area contributed by atoms with Crippen molar-refractivity contribution < 1.29 is 5.11 Å². The summed E-state index contributed by atoms with van der Waals surface area (Å²) in [4.78, 5) is 9.52. The molecule has 0 bridgehead atoms. The number of piperazine rings is 1. The van der Waals surface area contributed by atoms with E-state index in [-0.39, 0.29) is 6.61 Å². The average Bonchev–Trinajstić information content (AvgIpc) is 2.82. The minimum Gasteiger partial charge on any atom is -0.396 e. The number of aromatic nitrogens is 1. The van der Waals surface area contributed by atoms with Crippen LogP contribution in [0.3, 0.4) is 0 Å². The fourth-order valence-corrected chi connectivity index (χ4v) is 3.47. The zero-order valence-electron chi connectivity index (χ0n) is 12.2. The summed E-state index contributed by atoms with van der Waals surface area (Å²) in [6, 6.07) is 0.475. The molecule has 2 heterocycles. The minimum absolute atomic E-state index is 0.275. The summed E-state index contributed by atoms with van der Waals surface area (Å²) in [5.74, 6) is 0.514. The monoisotopic (exact) mass is 283 g/mol. The van der Waals surface area contributed by atoms with E-state index in [1.807, 2.05) is 0 Å². The SMILES string of the molecule is CC(C)c1csc(CN2CCN(C)C(CCO)C2)n1. The lowest BCUT2D eigenvalue weighted by molar-refractivity contribution is 0.0742. The first-order chi connectivity index (χ1) is 9.10. The fraction of sp³-hybridized carbons (Fsp3) is 0.786. The van der Waals surface area contributed by atoms with Crippen LogP contribution in [0, 0.1) is 0 Å². The molecule has 1 aromatic rings. The van der Waals surface area contributed by atoms with Crippen molar-refractivity contribution in [1.29, 1.82) is 0 Å². The molecule has 4 nitrogen and oxygen atoms in total. The van der Waals surface area contributed by atoms with Gasteiger partial charge in [0.15, 0.2) is 0 Å². The Bertz CT molecular complexity index is 394. The minimum atomic E-state index is 0.275. The van der Waals surface area contributed by atoms with Crippen molar-refractivity contribution in [3.63, 3.8) is 0 Å². The van der Waals surface area contributed by atoms with E-state index < -0.39 is 0 Å². The summed E-state index contributed by atoms with van der Waals surface area (Å²) in [6.07, 6.45) is 0.863. The molecule has 0 aliphatic carbocycles. The molecule has 1 fully saturated rings. The molecule has 0 radical (unpaired) electrons. The molecule has 0 spiro atoms. The molecule has 1 atom stereocenters. The van der Waals surface area contributed by atoms with Crippen molar-refractivity contribution in [2.45, 2.75) is 38.8 Å². The van der Waals surface area contributed by atoms with Crippen molar-refractivity contribution in [2.75, 3.05) is 33.3 Å². The summed E-state index contributed by atoms with van der Waals surface area (Å²) in [7, 11) is 2.15. The van der Waals surface area contributed by atoms with Crippen molar-refractivity contribution in [3.8, 4) is 0 Å². The van der Waals surface area contributed by atoms with Gasteiger partial charge < -0.3 is 10.0 Å². The summed E-state index contributed by atoms with van der Waals surface area (Å²) >= 11 is 1.77. The highest BCUT2D eigenvalue weighted by Crippen LogP contribution is 2.20. The molecule has 1 aliphatic heterocycles. The predicted octanol–water partition coefficient (Wildman–Crippen LogP) is 1.76. The van der Waals surface area contributed by atoms with Crippen LogP contribution >= 0.6 is 11.3 Å². The van der Waals surface area contributed by atoms with Crippen LogP contribution in [0.4, 0.5) is 0 Å². The Balaban J connectivity index is 1.91. The van der Waals surface area contributed by atoms with Gasteiger partial charge in [0.05, 0.1) is 12.2 Å². The summed E-state index contributed by atoms with van der Waals surface area (Å²) in [5, 5.41) is 12.5. The average molecular weight is 283 g/mol. The van der Waals surface area contributed by atoms with Crippen molar-refractivity contribution in [2.24, 2.45) is 0 Å². The van der Waals surface area contributed by atoms with Gasteiger partial charge in [0.2, 0.25) is 0 Å². The van der Waals surface area contributed by atoms with Gasteiger partial charge in [0, 0.05) is 37.7 Å². The molecule has 1 saturated heterocycles. The van der Waals surface area contributed by atoms with Crippen LogP contribution in [0.2, 0.25) is 0 Å². The highest BCUT2D eigenvalue weighted by atomic mass is 32.1. The van der Waals surface area contributed by atoms with Gasteiger partial charge in [-0.3, -0.25) is 4.90 Å².